The Morgan fingerprint density at radius 3 is 3.00 bits per heavy atom. The summed E-state index contributed by atoms with van der Waals surface area (Å²) in [7, 11) is 0. The molecule has 104 valence electrons. The SMILES string of the molecule is c1cc(CNCc2nnc3ccccn23)c2cc[nH]c2c1. The molecule has 3 heterocycles. The molecule has 0 amide bonds. The molecule has 2 N–H and O–H groups in total. The van der Waals surface area contributed by atoms with Gasteiger partial charge in [0, 0.05) is 29.8 Å². The normalized spacial score (nSPS) is 11.4. The fourth-order valence-corrected chi connectivity index (χ4v) is 2.63. The number of nitrogens with one attached hydrogen (secondary N) is 2. The number of fused-ring (bicyclic) bond motifs is 2. The van der Waals surface area contributed by atoms with E-state index >= 15 is 0 Å². The van der Waals surface area contributed by atoms with E-state index in [0.29, 0.717) is 6.54 Å². The van der Waals surface area contributed by atoms with E-state index in [1.54, 1.807) is 0 Å². The molecule has 0 atom stereocenters. The van der Waals surface area contributed by atoms with Crippen molar-refractivity contribution in [3.8, 4) is 0 Å². The molecule has 1 aromatic carbocycles. The van der Waals surface area contributed by atoms with Gasteiger partial charge in [-0.15, -0.1) is 10.2 Å². The molecule has 0 saturated carbocycles. The molecule has 5 nitrogen and oxygen atoms in total. The van der Waals surface area contributed by atoms with E-state index in [4.69, 9.17) is 0 Å². The Kier molecular flexibility index (Phi) is 2.90. The van der Waals surface area contributed by atoms with Crippen LogP contribution in [-0.4, -0.2) is 19.6 Å². The topological polar surface area (TPSA) is 58.0 Å². The van der Waals surface area contributed by atoms with Gasteiger partial charge in [-0.3, -0.25) is 4.40 Å². The summed E-state index contributed by atoms with van der Waals surface area (Å²) in [4.78, 5) is 3.23. The van der Waals surface area contributed by atoms with Gasteiger partial charge in [0.15, 0.2) is 11.5 Å². The van der Waals surface area contributed by atoms with Gasteiger partial charge in [-0.05, 0) is 29.8 Å². The summed E-state index contributed by atoms with van der Waals surface area (Å²) >= 11 is 0. The molecule has 0 spiro atoms. The first-order chi connectivity index (χ1) is 10.4. The van der Waals surface area contributed by atoms with Crippen molar-refractivity contribution in [3.63, 3.8) is 0 Å². The van der Waals surface area contributed by atoms with E-state index in [1.807, 2.05) is 35.0 Å². The Bertz CT molecular complexity index is 890. The third-order valence-electron chi connectivity index (χ3n) is 3.67. The molecule has 21 heavy (non-hydrogen) atoms. The van der Waals surface area contributed by atoms with Gasteiger partial charge in [-0.2, -0.15) is 0 Å². The largest absolute Gasteiger partial charge is 0.361 e. The highest BCUT2D eigenvalue weighted by Gasteiger charge is 2.05. The standard InChI is InChI=1S/C16H15N5/c1-2-9-21-15(6-1)19-20-16(21)11-17-10-12-4-3-5-14-13(12)7-8-18-14/h1-9,17-18H,10-11H2. The Hall–Kier alpha value is -2.66. The molecule has 3 aromatic heterocycles. The second-order valence-electron chi connectivity index (χ2n) is 5.00. The number of hydrogen-bond donors (Lipinski definition) is 2. The molecule has 5 heteroatoms. The van der Waals surface area contributed by atoms with Crippen molar-refractivity contribution in [2.75, 3.05) is 0 Å². The van der Waals surface area contributed by atoms with E-state index in [1.165, 1.54) is 16.5 Å². The minimum absolute atomic E-state index is 0.686. The first-order valence-electron chi connectivity index (χ1n) is 6.96. The molecule has 0 fully saturated rings. The van der Waals surface area contributed by atoms with E-state index in [2.05, 4.69) is 44.8 Å². The summed E-state index contributed by atoms with van der Waals surface area (Å²) in [6, 6.07) is 14.3. The molecule has 0 radical (unpaired) electrons. The van der Waals surface area contributed by atoms with Crippen molar-refractivity contribution in [3.05, 3.63) is 66.2 Å². The van der Waals surface area contributed by atoms with Gasteiger partial charge in [0.1, 0.15) is 0 Å². The second kappa shape index (κ2) is 5.03. The summed E-state index contributed by atoms with van der Waals surface area (Å²) in [5, 5.41) is 13.1. The highest BCUT2D eigenvalue weighted by molar-refractivity contribution is 5.82. The van der Waals surface area contributed by atoms with Gasteiger partial charge in [0.05, 0.1) is 6.54 Å². The number of aromatic amines is 1. The van der Waals surface area contributed by atoms with Crippen molar-refractivity contribution in [1.29, 1.82) is 0 Å². The number of rotatable bonds is 4. The van der Waals surface area contributed by atoms with Crippen LogP contribution in [0.4, 0.5) is 0 Å². The zero-order valence-corrected chi connectivity index (χ0v) is 11.5. The van der Waals surface area contributed by atoms with Gasteiger partial charge < -0.3 is 10.3 Å². The summed E-state index contributed by atoms with van der Waals surface area (Å²) < 4.78 is 2.00. The Labute approximate surface area is 121 Å². The van der Waals surface area contributed by atoms with Crippen LogP contribution in [0, 0.1) is 0 Å². The number of pyridine rings is 1. The Balaban J connectivity index is 1.51. The maximum atomic E-state index is 4.22. The van der Waals surface area contributed by atoms with Gasteiger partial charge in [-0.1, -0.05) is 18.2 Å². The van der Waals surface area contributed by atoms with Crippen LogP contribution < -0.4 is 5.32 Å². The van der Waals surface area contributed by atoms with Gasteiger partial charge in [0.25, 0.3) is 0 Å². The number of H-pyrrole nitrogens is 1. The van der Waals surface area contributed by atoms with E-state index in [-0.39, 0.29) is 0 Å². The average molecular weight is 277 g/mol. The smallest absolute Gasteiger partial charge is 0.160 e. The van der Waals surface area contributed by atoms with Crippen molar-refractivity contribution in [2.24, 2.45) is 0 Å². The number of benzene rings is 1. The molecule has 4 rings (SSSR count). The van der Waals surface area contributed by atoms with Crippen LogP contribution in [-0.2, 0) is 13.1 Å². The third-order valence-corrected chi connectivity index (χ3v) is 3.67. The highest BCUT2D eigenvalue weighted by atomic mass is 15.3. The minimum Gasteiger partial charge on any atom is -0.361 e. The molecule has 0 aliphatic rings. The molecule has 0 unspecified atom stereocenters. The van der Waals surface area contributed by atoms with Crippen molar-refractivity contribution in [2.45, 2.75) is 13.1 Å². The number of aromatic nitrogens is 4. The summed E-state index contributed by atoms with van der Waals surface area (Å²) in [6.07, 6.45) is 3.96. The average Bonchev–Trinajstić information content (AvgIpc) is 3.15. The molecular formula is C16H15N5. The molecule has 0 bridgehead atoms. The van der Waals surface area contributed by atoms with Crippen molar-refractivity contribution < 1.29 is 0 Å². The predicted molar refractivity (Wildman–Crippen MR) is 81.8 cm³/mol. The van der Waals surface area contributed by atoms with Crippen LogP contribution in [0.1, 0.15) is 11.4 Å². The molecule has 0 saturated heterocycles. The maximum Gasteiger partial charge on any atom is 0.160 e. The lowest BCUT2D eigenvalue weighted by atomic mass is 10.1. The van der Waals surface area contributed by atoms with Crippen LogP contribution in [0.5, 0.6) is 0 Å². The van der Waals surface area contributed by atoms with E-state index in [0.717, 1.165) is 18.0 Å². The van der Waals surface area contributed by atoms with Crippen LogP contribution in [0.2, 0.25) is 0 Å². The van der Waals surface area contributed by atoms with Crippen LogP contribution >= 0.6 is 0 Å². The summed E-state index contributed by atoms with van der Waals surface area (Å²) in [6.45, 7) is 1.49. The molecule has 0 aliphatic carbocycles. The monoisotopic (exact) mass is 277 g/mol. The third kappa shape index (κ3) is 2.17. The lowest BCUT2D eigenvalue weighted by Gasteiger charge is -2.05. The van der Waals surface area contributed by atoms with Gasteiger partial charge in [-0.25, -0.2) is 0 Å². The first-order valence-corrected chi connectivity index (χ1v) is 6.96. The van der Waals surface area contributed by atoms with Crippen LogP contribution in [0.15, 0.2) is 54.9 Å². The van der Waals surface area contributed by atoms with Gasteiger partial charge in [0.2, 0.25) is 0 Å². The molecule has 0 aliphatic heterocycles. The van der Waals surface area contributed by atoms with Crippen molar-refractivity contribution >= 4 is 16.6 Å². The lowest BCUT2D eigenvalue weighted by molar-refractivity contribution is 0.659. The first kappa shape index (κ1) is 12.1. The minimum atomic E-state index is 0.686. The number of hydrogen-bond acceptors (Lipinski definition) is 3. The maximum absolute atomic E-state index is 4.22. The van der Waals surface area contributed by atoms with Crippen LogP contribution in [0.25, 0.3) is 16.6 Å². The quantitative estimate of drug-likeness (QED) is 0.602. The zero-order chi connectivity index (χ0) is 14.1. The van der Waals surface area contributed by atoms with E-state index in [9.17, 15) is 0 Å². The lowest BCUT2D eigenvalue weighted by Crippen LogP contribution is -2.15. The van der Waals surface area contributed by atoms with Gasteiger partial charge >= 0.3 is 0 Å². The zero-order valence-electron chi connectivity index (χ0n) is 11.5. The van der Waals surface area contributed by atoms with Crippen molar-refractivity contribution in [1.82, 2.24) is 24.9 Å². The Morgan fingerprint density at radius 1 is 1.00 bits per heavy atom. The second-order valence-corrected chi connectivity index (χ2v) is 5.00. The fraction of sp³-hybridized carbons (Fsp3) is 0.125. The van der Waals surface area contributed by atoms with E-state index < -0.39 is 0 Å². The summed E-state index contributed by atoms with van der Waals surface area (Å²) in [5.74, 6) is 0.923. The summed E-state index contributed by atoms with van der Waals surface area (Å²) in [5.41, 5.74) is 3.33. The molecule has 4 aromatic rings. The Morgan fingerprint density at radius 2 is 2.00 bits per heavy atom. The highest BCUT2D eigenvalue weighted by Crippen LogP contribution is 2.17. The fourth-order valence-electron chi connectivity index (χ4n) is 2.63. The molecular weight excluding hydrogens is 262 g/mol. The van der Waals surface area contributed by atoms with Crippen LogP contribution in [0.3, 0.4) is 0 Å². The predicted octanol–water partition coefficient (Wildman–Crippen LogP) is 2.50. The number of nitrogens with zero attached hydrogens (tertiary/aromatic N) is 3.